The molecular weight excluding hydrogens is 406 g/mol. The van der Waals surface area contributed by atoms with Gasteiger partial charge in [-0.15, -0.1) is 0 Å². The van der Waals surface area contributed by atoms with E-state index in [1.54, 1.807) is 17.4 Å². The smallest absolute Gasteiger partial charge is 0.271 e. The molecule has 168 valence electrons. The second-order valence-electron chi connectivity index (χ2n) is 9.04. The Bertz CT molecular complexity index is 1080. The minimum Gasteiger partial charge on any atom is -0.469 e. The van der Waals surface area contributed by atoms with E-state index in [2.05, 4.69) is 5.32 Å². The van der Waals surface area contributed by atoms with Crippen LogP contribution < -0.4 is 5.32 Å². The number of carbonyl (C=O) groups is 2. The molecule has 1 atom stereocenters. The van der Waals surface area contributed by atoms with Crippen LogP contribution in [0.25, 0.3) is 11.5 Å². The van der Waals surface area contributed by atoms with E-state index < -0.39 is 5.54 Å². The van der Waals surface area contributed by atoms with Gasteiger partial charge in [-0.3, -0.25) is 9.59 Å². The summed E-state index contributed by atoms with van der Waals surface area (Å²) < 4.78 is 13.0. The Kier molecular flexibility index (Phi) is 5.41. The highest BCUT2D eigenvalue weighted by Gasteiger charge is 2.48. The van der Waals surface area contributed by atoms with Crippen LogP contribution in [0.5, 0.6) is 0 Å². The summed E-state index contributed by atoms with van der Waals surface area (Å²) in [6, 6.07) is 11.3. The molecule has 1 aliphatic heterocycles. The lowest BCUT2D eigenvalue weighted by molar-refractivity contribution is -0.133. The fourth-order valence-corrected chi connectivity index (χ4v) is 5.03. The highest BCUT2D eigenvalue weighted by Crippen LogP contribution is 2.34. The molecule has 0 saturated heterocycles. The normalized spacial score (nSPS) is 21.5. The van der Waals surface area contributed by atoms with Crippen molar-refractivity contribution in [1.82, 2.24) is 14.8 Å². The zero-order valence-electron chi connectivity index (χ0n) is 18.4. The number of nitrogens with zero attached hydrogens (tertiary/aromatic N) is 2. The molecule has 2 amide bonds. The third-order valence-electron chi connectivity index (χ3n) is 6.87. The minimum atomic E-state index is -1.02. The Morgan fingerprint density at radius 1 is 1.06 bits per heavy atom. The molecule has 32 heavy (non-hydrogen) atoms. The molecule has 1 fully saturated rings. The van der Waals surface area contributed by atoms with Crippen molar-refractivity contribution in [3.05, 3.63) is 60.4 Å². The number of amides is 2. The van der Waals surface area contributed by atoms with E-state index in [0.29, 0.717) is 31.0 Å². The lowest BCUT2D eigenvalue weighted by Gasteiger charge is -2.45. The summed E-state index contributed by atoms with van der Waals surface area (Å²) in [4.78, 5) is 29.0. The molecule has 0 radical (unpaired) electrons. The maximum Gasteiger partial charge on any atom is 0.271 e. The van der Waals surface area contributed by atoms with E-state index in [0.717, 1.165) is 37.1 Å². The number of rotatable bonds is 6. The van der Waals surface area contributed by atoms with E-state index >= 15 is 0 Å². The first-order valence-corrected chi connectivity index (χ1v) is 11.4. The average molecular weight is 436 g/mol. The summed E-state index contributed by atoms with van der Waals surface area (Å²) in [5.41, 5.74) is 0.355. The molecule has 0 aromatic carbocycles. The minimum absolute atomic E-state index is 0.0954. The van der Waals surface area contributed by atoms with Crippen molar-refractivity contribution >= 4 is 11.8 Å². The lowest BCUT2D eigenvalue weighted by atomic mass is 9.91. The van der Waals surface area contributed by atoms with Crippen LogP contribution >= 0.6 is 0 Å². The topological polar surface area (TPSA) is 80.6 Å². The van der Waals surface area contributed by atoms with Crippen molar-refractivity contribution in [2.75, 3.05) is 6.54 Å². The fourth-order valence-electron chi connectivity index (χ4n) is 5.03. The van der Waals surface area contributed by atoms with E-state index in [4.69, 9.17) is 8.83 Å². The molecule has 5 rings (SSSR count). The van der Waals surface area contributed by atoms with Gasteiger partial charge in [0, 0.05) is 19.0 Å². The van der Waals surface area contributed by atoms with Crippen molar-refractivity contribution in [3.8, 4) is 11.5 Å². The van der Waals surface area contributed by atoms with Gasteiger partial charge in [-0.25, -0.2) is 0 Å². The first kappa shape index (κ1) is 20.7. The van der Waals surface area contributed by atoms with Gasteiger partial charge in [-0.05, 0) is 56.2 Å². The van der Waals surface area contributed by atoms with Crippen molar-refractivity contribution < 1.29 is 18.4 Å². The maximum absolute atomic E-state index is 13.7. The summed E-state index contributed by atoms with van der Waals surface area (Å²) in [6.45, 7) is 2.65. The molecule has 3 aromatic heterocycles. The van der Waals surface area contributed by atoms with E-state index in [-0.39, 0.29) is 17.9 Å². The van der Waals surface area contributed by atoms with Crippen molar-refractivity contribution in [2.45, 2.75) is 63.6 Å². The van der Waals surface area contributed by atoms with Crippen LogP contribution in [0.3, 0.4) is 0 Å². The van der Waals surface area contributed by atoms with Gasteiger partial charge in [-0.2, -0.15) is 0 Å². The van der Waals surface area contributed by atoms with E-state index in [9.17, 15) is 9.59 Å². The van der Waals surface area contributed by atoms with Crippen LogP contribution in [0.15, 0.2) is 57.8 Å². The van der Waals surface area contributed by atoms with Crippen LogP contribution in [0, 0.1) is 0 Å². The monoisotopic (exact) mass is 435 g/mol. The lowest BCUT2D eigenvalue weighted by Crippen LogP contribution is -2.65. The van der Waals surface area contributed by atoms with Crippen LogP contribution in [-0.2, 0) is 17.8 Å². The molecule has 4 heterocycles. The second-order valence-corrected chi connectivity index (χ2v) is 9.04. The largest absolute Gasteiger partial charge is 0.469 e. The van der Waals surface area contributed by atoms with E-state index in [1.807, 2.05) is 47.9 Å². The molecule has 7 nitrogen and oxygen atoms in total. The molecule has 0 spiro atoms. The first-order chi connectivity index (χ1) is 15.6. The number of aromatic nitrogens is 1. The Labute approximate surface area is 187 Å². The average Bonchev–Trinajstić information content (AvgIpc) is 3.56. The molecule has 1 aliphatic carbocycles. The molecule has 1 N–H and O–H groups in total. The van der Waals surface area contributed by atoms with Crippen molar-refractivity contribution in [2.24, 2.45) is 0 Å². The molecular formula is C25H29N3O4. The van der Waals surface area contributed by atoms with Gasteiger partial charge < -0.3 is 23.6 Å². The Morgan fingerprint density at radius 2 is 1.81 bits per heavy atom. The number of hydrogen-bond donors (Lipinski definition) is 1. The summed E-state index contributed by atoms with van der Waals surface area (Å²) in [5.74, 6) is 1.23. The number of furan rings is 2. The van der Waals surface area contributed by atoms with Crippen molar-refractivity contribution in [3.63, 3.8) is 0 Å². The van der Waals surface area contributed by atoms with Gasteiger partial charge in [0.15, 0.2) is 0 Å². The van der Waals surface area contributed by atoms with Crippen LogP contribution in [-0.4, -0.2) is 39.4 Å². The SMILES string of the molecule is C[C@@]1(C(=O)NC2CCCCC2)Cn2c(ccc2-c2ccco2)C(=O)N1CCc1ccco1. The number of fused-ring (bicyclic) bond motifs is 1. The maximum atomic E-state index is 13.7. The fraction of sp³-hybridized carbons (Fsp3) is 0.440. The van der Waals surface area contributed by atoms with Gasteiger partial charge in [0.05, 0.1) is 24.8 Å². The summed E-state index contributed by atoms with van der Waals surface area (Å²) in [6.07, 6.45) is 9.27. The van der Waals surface area contributed by atoms with Gasteiger partial charge in [-0.1, -0.05) is 19.3 Å². The first-order valence-electron chi connectivity index (χ1n) is 11.4. The van der Waals surface area contributed by atoms with Crippen LogP contribution in [0.4, 0.5) is 0 Å². The quantitative estimate of drug-likeness (QED) is 0.628. The van der Waals surface area contributed by atoms with E-state index in [1.165, 1.54) is 6.42 Å². The van der Waals surface area contributed by atoms with Gasteiger partial charge in [0.2, 0.25) is 5.91 Å². The summed E-state index contributed by atoms with van der Waals surface area (Å²) in [7, 11) is 0. The standard InChI is InChI=1S/C25H29N3O4/c1-25(24(30)26-18-7-3-2-4-8-18)17-27-20(22-10-6-16-32-22)11-12-21(27)23(29)28(25)14-13-19-9-5-15-31-19/h5-6,9-12,15-16,18H,2-4,7-8,13-14,17H2,1H3,(H,26,30)/t25-/m0/s1. The Balaban J connectivity index is 1.48. The zero-order valence-corrected chi connectivity index (χ0v) is 18.4. The predicted octanol–water partition coefficient (Wildman–Crippen LogP) is 4.25. The third kappa shape index (κ3) is 3.66. The molecule has 1 saturated carbocycles. The van der Waals surface area contributed by atoms with Crippen LogP contribution in [0.1, 0.15) is 55.3 Å². The number of hydrogen-bond acceptors (Lipinski definition) is 4. The Hall–Kier alpha value is -3.22. The molecule has 0 unspecified atom stereocenters. The Morgan fingerprint density at radius 3 is 2.53 bits per heavy atom. The van der Waals surface area contributed by atoms with Crippen molar-refractivity contribution in [1.29, 1.82) is 0 Å². The second kappa shape index (κ2) is 8.37. The summed E-state index contributed by atoms with van der Waals surface area (Å²) >= 11 is 0. The highest BCUT2D eigenvalue weighted by atomic mass is 16.3. The number of nitrogens with one attached hydrogen (secondary N) is 1. The molecule has 7 heteroatoms. The van der Waals surface area contributed by atoms with Crippen LogP contribution in [0.2, 0.25) is 0 Å². The molecule has 3 aromatic rings. The molecule has 0 bridgehead atoms. The van der Waals surface area contributed by atoms with Gasteiger partial charge in [0.1, 0.15) is 22.8 Å². The molecule has 2 aliphatic rings. The highest BCUT2D eigenvalue weighted by molar-refractivity contribution is 6.00. The van der Waals surface area contributed by atoms with Gasteiger partial charge >= 0.3 is 0 Å². The van der Waals surface area contributed by atoms with Gasteiger partial charge in [0.25, 0.3) is 5.91 Å². The summed E-state index contributed by atoms with van der Waals surface area (Å²) in [5, 5.41) is 3.26. The third-order valence-corrected chi connectivity index (χ3v) is 6.87. The zero-order chi connectivity index (χ0) is 22.1. The predicted molar refractivity (Wildman–Crippen MR) is 119 cm³/mol. The number of carbonyl (C=O) groups excluding carboxylic acids is 2.